The molecule has 0 aromatic carbocycles. The van der Waals surface area contributed by atoms with Crippen molar-refractivity contribution in [2.24, 2.45) is 7.05 Å². The van der Waals surface area contributed by atoms with E-state index >= 15 is 0 Å². The first-order valence-electron chi connectivity index (χ1n) is 5.47. The van der Waals surface area contributed by atoms with Crippen LogP contribution in [0.15, 0.2) is 41.5 Å². The molecule has 0 fully saturated rings. The van der Waals surface area contributed by atoms with Gasteiger partial charge in [0, 0.05) is 25.5 Å². The minimum Gasteiger partial charge on any atom is -0.378 e. The fraction of sp³-hybridized carbons (Fsp3) is 0.231. The van der Waals surface area contributed by atoms with Crippen LogP contribution in [0.5, 0.6) is 0 Å². The summed E-state index contributed by atoms with van der Waals surface area (Å²) < 4.78 is 1.55. The Bertz CT molecular complexity index is 558. The molecule has 88 valence electrons. The molecule has 0 aliphatic rings. The number of hydrogen-bond donors (Lipinski definition) is 1. The fourth-order valence-corrected chi connectivity index (χ4v) is 1.49. The van der Waals surface area contributed by atoms with Crippen LogP contribution in [-0.4, -0.2) is 9.55 Å². The highest BCUT2D eigenvalue weighted by Crippen LogP contribution is 2.05. The molecule has 0 saturated heterocycles. The summed E-state index contributed by atoms with van der Waals surface area (Å²) in [7, 11) is 1.73. The predicted molar refractivity (Wildman–Crippen MR) is 68.0 cm³/mol. The summed E-state index contributed by atoms with van der Waals surface area (Å²) in [6.45, 7) is 2.66. The van der Waals surface area contributed by atoms with Gasteiger partial charge in [-0.05, 0) is 24.6 Å². The first kappa shape index (κ1) is 11.4. The van der Waals surface area contributed by atoms with Gasteiger partial charge in [-0.25, -0.2) is 0 Å². The molecule has 2 heterocycles. The van der Waals surface area contributed by atoms with E-state index in [-0.39, 0.29) is 5.56 Å². The number of aryl methyl sites for hydroxylation is 2. The lowest BCUT2D eigenvalue weighted by molar-refractivity contribution is 0.858. The third-order valence-corrected chi connectivity index (χ3v) is 2.53. The number of rotatable bonds is 3. The standard InChI is InChI=1S/C13H15N3O/c1-10-3-4-11(14-7-10)8-15-12-5-6-13(17)16(2)9-12/h3-7,9,15H,8H2,1-2H3. The fourth-order valence-electron chi connectivity index (χ4n) is 1.49. The van der Waals surface area contributed by atoms with Crippen molar-refractivity contribution < 1.29 is 0 Å². The molecule has 0 amide bonds. The van der Waals surface area contributed by atoms with Crippen LogP contribution in [0.25, 0.3) is 0 Å². The van der Waals surface area contributed by atoms with Gasteiger partial charge in [-0.15, -0.1) is 0 Å². The Kier molecular flexibility index (Phi) is 3.23. The Hall–Kier alpha value is -2.10. The summed E-state index contributed by atoms with van der Waals surface area (Å²) in [4.78, 5) is 15.5. The van der Waals surface area contributed by atoms with Crippen LogP contribution in [0.2, 0.25) is 0 Å². The summed E-state index contributed by atoms with van der Waals surface area (Å²) in [6, 6.07) is 7.34. The highest BCUT2D eigenvalue weighted by Gasteiger charge is 1.96. The molecule has 0 spiro atoms. The van der Waals surface area contributed by atoms with Crippen LogP contribution in [0.3, 0.4) is 0 Å². The van der Waals surface area contributed by atoms with E-state index in [9.17, 15) is 4.79 Å². The van der Waals surface area contributed by atoms with Gasteiger partial charge in [0.1, 0.15) is 0 Å². The van der Waals surface area contributed by atoms with E-state index in [4.69, 9.17) is 0 Å². The lowest BCUT2D eigenvalue weighted by Crippen LogP contribution is -2.15. The number of nitrogens with one attached hydrogen (secondary N) is 1. The van der Waals surface area contributed by atoms with Gasteiger partial charge in [0.25, 0.3) is 0 Å². The van der Waals surface area contributed by atoms with Gasteiger partial charge in [0.2, 0.25) is 5.56 Å². The average Bonchev–Trinajstić information content (AvgIpc) is 2.33. The Morgan fingerprint density at radius 3 is 2.76 bits per heavy atom. The van der Waals surface area contributed by atoms with E-state index in [0.717, 1.165) is 16.9 Å². The quantitative estimate of drug-likeness (QED) is 0.871. The molecule has 2 aromatic rings. The SMILES string of the molecule is Cc1ccc(CNc2ccc(=O)n(C)c2)nc1. The van der Waals surface area contributed by atoms with E-state index in [1.54, 1.807) is 29.9 Å². The van der Waals surface area contributed by atoms with E-state index in [0.29, 0.717) is 6.54 Å². The van der Waals surface area contributed by atoms with Crippen molar-refractivity contribution in [1.82, 2.24) is 9.55 Å². The average molecular weight is 229 g/mol. The van der Waals surface area contributed by atoms with Gasteiger partial charge < -0.3 is 9.88 Å². The van der Waals surface area contributed by atoms with Gasteiger partial charge in [-0.1, -0.05) is 6.07 Å². The van der Waals surface area contributed by atoms with E-state index in [1.807, 2.05) is 25.3 Å². The van der Waals surface area contributed by atoms with Gasteiger partial charge in [0.15, 0.2) is 0 Å². The van der Waals surface area contributed by atoms with E-state index in [1.165, 1.54) is 0 Å². The molecule has 4 nitrogen and oxygen atoms in total. The van der Waals surface area contributed by atoms with Crippen LogP contribution in [0.4, 0.5) is 5.69 Å². The number of anilines is 1. The van der Waals surface area contributed by atoms with Crippen LogP contribution in [-0.2, 0) is 13.6 Å². The molecule has 4 heteroatoms. The third kappa shape index (κ3) is 2.93. The van der Waals surface area contributed by atoms with Crippen LogP contribution in [0.1, 0.15) is 11.3 Å². The lowest BCUT2D eigenvalue weighted by atomic mass is 10.3. The molecular formula is C13H15N3O. The summed E-state index contributed by atoms with van der Waals surface area (Å²) in [5.74, 6) is 0. The zero-order valence-electron chi connectivity index (χ0n) is 9.97. The zero-order chi connectivity index (χ0) is 12.3. The number of aromatic nitrogens is 2. The zero-order valence-corrected chi connectivity index (χ0v) is 9.97. The Labute approximate surface area is 99.9 Å². The molecule has 0 aliphatic carbocycles. The molecule has 2 aromatic heterocycles. The molecule has 0 aliphatic heterocycles. The Balaban J connectivity index is 2.04. The van der Waals surface area contributed by atoms with Crippen molar-refractivity contribution in [3.63, 3.8) is 0 Å². The maximum Gasteiger partial charge on any atom is 0.250 e. The number of pyridine rings is 2. The molecule has 0 saturated carbocycles. The first-order chi connectivity index (χ1) is 8.15. The number of nitrogens with zero attached hydrogens (tertiary/aromatic N) is 2. The van der Waals surface area contributed by atoms with Gasteiger partial charge >= 0.3 is 0 Å². The summed E-state index contributed by atoms with van der Waals surface area (Å²) >= 11 is 0. The second kappa shape index (κ2) is 4.82. The lowest BCUT2D eigenvalue weighted by Gasteiger charge is -2.07. The molecule has 0 unspecified atom stereocenters. The maximum absolute atomic E-state index is 11.2. The largest absolute Gasteiger partial charge is 0.378 e. The van der Waals surface area contributed by atoms with Crippen molar-refractivity contribution >= 4 is 5.69 Å². The van der Waals surface area contributed by atoms with Crippen LogP contribution >= 0.6 is 0 Å². The first-order valence-corrected chi connectivity index (χ1v) is 5.47. The minimum absolute atomic E-state index is 0.0102. The molecule has 0 radical (unpaired) electrons. The van der Waals surface area contributed by atoms with E-state index < -0.39 is 0 Å². The van der Waals surface area contributed by atoms with Crippen molar-refractivity contribution in [3.05, 3.63) is 58.3 Å². The predicted octanol–water partition coefficient (Wildman–Crippen LogP) is 1.70. The summed E-state index contributed by atoms with van der Waals surface area (Å²) in [5.41, 5.74) is 3.03. The summed E-state index contributed by atoms with van der Waals surface area (Å²) in [6.07, 6.45) is 3.62. The number of hydrogen-bond acceptors (Lipinski definition) is 3. The minimum atomic E-state index is -0.0102. The van der Waals surface area contributed by atoms with E-state index in [2.05, 4.69) is 10.3 Å². The van der Waals surface area contributed by atoms with Gasteiger partial charge in [0.05, 0.1) is 17.9 Å². The maximum atomic E-state index is 11.2. The van der Waals surface area contributed by atoms with Crippen LogP contribution < -0.4 is 10.9 Å². The molecule has 17 heavy (non-hydrogen) atoms. The molecule has 0 atom stereocenters. The van der Waals surface area contributed by atoms with Crippen molar-refractivity contribution in [2.75, 3.05) is 5.32 Å². The second-order valence-electron chi connectivity index (χ2n) is 4.05. The monoisotopic (exact) mass is 229 g/mol. The summed E-state index contributed by atoms with van der Waals surface area (Å²) in [5, 5.41) is 3.23. The third-order valence-electron chi connectivity index (χ3n) is 2.53. The van der Waals surface area contributed by atoms with Crippen molar-refractivity contribution in [3.8, 4) is 0 Å². The Morgan fingerprint density at radius 1 is 1.29 bits per heavy atom. The normalized spacial score (nSPS) is 10.2. The molecule has 2 rings (SSSR count). The molecule has 0 bridgehead atoms. The van der Waals surface area contributed by atoms with Crippen molar-refractivity contribution in [1.29, 1.82) is 0 Å². The molecular weight excluding hydrogens is 214 g/mol. The highest BCUT2D eigenvalue weighted by molar-refractivity contribution is 5.40. The smallest absolute Gasteiger partial charge is 0.250 e. The Morgan fingerprint density at radius 2 is 2.12 bits per heavy atom. The van der Waals surface area contributed by atoms with Crippen molar-refractivity contribution in [2.45, 2.75) is 13.5 Å². The molecule has 1 N–H and O–H groups in total. The second-order valence-corrected chi connectivity index (χ2v) is 4.05. The van der Waals surface area contributed by atoms with Crippen LogP contribution in [0, 0.1) is 6.92 Å². The van der Waals surface area contributed by atoms with Gasteiger partial charge in [-0.3, -0.25) is 9.78 Å². The van der Waals surface area contributed by atoms with Gasteiger partial charge in [-0.2, -0.15) is 0 Å². The highest BCUT2D eigenvalue weighted by atomic mass is 16.1. The topological polar surface area (TPSA) is 46.9 Å².